The molecular weight excluding hydrogens is 375 g/mol. The fraction of sp³-hybridized carbons (Fsp3) is 0.211. The molecule has 0 unspecified atom stereocenters. The van der Waals surface area contributed by atoms with Crippen LogP contribution in [0.5, 0.6) is 0 Å². The number of aromatic nitrogens is 1. The molecule has 0 spiro atoms. The van der Waals surface area contributed by atoms with Crippen LogP contribution in [0.2, 0.25) is 5.02 Å². The number of anilines is 1. The summed E-state index contributed by atoms with van der Waals surface area (Å²) in [5, 5.41) is -0.0980. The van der Waals surface area contributed by atoms with Crippen LogP contribution >= 0.6 is 23.2 Å². The lowest BCUT2D eigenvalue weighted by atomic mass is 10.1. The number of hydrogen-bond donors (Lipinski definition) is 0. The van der Waals surface area contributed by atoms with Gasteiger partial charge in [0, 0.05) is 18.5 Å². The van der Waals surface area contributed by atoms with Gasteiger partial charge in [-0.3, -0.25) is 9.59 Å². The van der Waals surface area contributed by atoms with Crippen LogP contribution in [0, 0.1) is 12.8 Å². The van der Waals surface area contributed by atoms with Crippen LogP contribution in [0.3, 0.4) is 0 Å². The number of rotatable bonds is 3. The maximum Gasteiger partial charge on any atom is 0.227 e. The van der Waals surface area contributed by atoms with E-state index in [9.17, 15) is 9.59 Å². The molecule has 7 heteroatoms. The van der Waals surface area contributed by atoms with Gasteiger partial charge in [-0.1, -0.05) is 17.7 Å². The van der Waals surface area contributed by atoms with Crippen LogP contribution in [0.1, 0.15) is 12.0 Å². The second-order valence-corrected chi connectivity index (χ2v) is 7.15. The number of halogens is 2. The Hall–Kier alpha value is -2.37. The fourth-order valence-corrected chi connectivity index (χ4v) is 3.47. The van der Waals surface area contributed by atoms with E-state index in [4.69, 9.17) is 27.6 Å². The van der Waals surface area contributed by atoms with Gasteiger partial charge in [0.05, 0.1) is 16.6 Å². The summed E-state index contributed by atoms with van der Waals surface area (Å²) < 4.78 is 5.82. The van der Waals surface area contributed by atoms with Crippen molar-refractivity contribution in [3.8, 4) is 11.5 Å². The molecule has 4 rings (SSSR count). The van der Waals surface area contributed by atoms with E-state index in [1.807, 2.05) is 25.1 Å². The first-order valence-corrected chi connectivity index (χ1v) is 8.85. The first-order valence-electron chi connectivity index (χ1n) is 8.09. The molecule has 0 bridgehead atoms. The molecule has 26 heavy (non-hydrogen) atoms. The molecule has 0 radical (unpaired) electrons. The largest absolute Gasteiger partial charge is 0.436 e. The average molecular weight is 389 g/mol. The molecule has 2 aromatic carbocycles. The van der Waals surface area contributed by atoms with E-state index in [-0.39, 0.29) is 18.9 Å². The fourth-order valence-electron chi connectivity index (χ4n) is 3.11. The van der Waals surface area contributed by atoms with Gasteiger partial charge in [-0.2, -0.15) is 0 Å². The van der Waals surface area contributed by atoms with Crippen molar-refractivity contribution in [2.45, 2.75) is 13.3 Å². The normalized spacial score (nSPS) is 17.3. The topological polar surface area (TPSA) is 63.4 Å². The third-order valence-corrected chi connectivity index (χ3v) is 5.10. The van der Waals surface area contributed by atoms with Gasteiger partial charge in [-0.15, -0.1) is 0 Å². The summed E-state index contributed by atoms with van der Waals surface area (Å²) in [6.45, 7) is 2.21. The number of fused-ring (bicyclic) bond motifs is 1. The zero-order chi connectivity index (χ0) is 18.4. The molecule has 2 heterocycles. The Morgan fingerprint density at radius 3 is 2.81 bits per heavy atom. The molecule has 132 valence electrons. The van der Waals surface area contributed by atoms with Crippen molar-refractivity contribution in [2.24, 2.45) is 5.92 Å². The van der Waals surface area contributed by atoms with E-state index in [1.54, 1.807) is 18.2 Å². The Balaban J connectivity index is 1.74. The van der Waals surface area contributed by atoms with Crippen LogP contribution in [-0.4, -0.2) is 22.7 Å². The van der Waals surface area contributed by atoms with Gasteiger partial charge in [0.25, 0.3) is 0 Å². The van der Waals surface area contributed by atoms with Crippen LogP contribution in [0.4, 0.5) is 5.69 Å². The molecule has 1 aliphatic heterocycles. The number of aryl methyl sites for hydroxylation is 1. The molecule has 1 fully saturated rings. The summed E-state index contributed by atoms with van der Waals surface area (Å²) in [5.74, 6) is -0.257. The third-order valence-electron chi connectivity index (χ3n) is 4.47. The Labute approximate surface area is 159 Å². The molecule has 0 saturated carbocycles. The number of carbonyl (C=O) groups excluding carboxylic acids is 2. The second-order valence-electron chi connectivity index (χ2n) is 6.37. The van der Waals surface area contributed by atoms with Gasteiger partial charge in [-0.05, 0) is 54.4 Å². The highest BCUT2D eigenvalue weighted by Crippen LogP contribution is 2.36. The van der Waals surface area contributed by atoms with E-state index < -0.39 is 11.2 Å². The summed E-state index contributed by atoms with van der Waals surface area (Å²) in [4.78, 5) is 29.7. The lowest BCUT2D eigenvalue weighted by Gasteiger charge is -2.18. The molecule has 1 aromatic heterocycles. The first-order chi connectivity index (χ1) is 12.4. The third kappa shape index (κ3) is 2.97. The quantitative estimate of drug-likeness (QED) is 0.616. The molecule has 1 atom stereocenters. The highest BCUT2D eigenvalue weighted by atomic mass is 35.5. The zero-order valence-corrected chi connectivity index (χ0v) is 15.3. The van der Waals surface area contributed by atoms with E-state index in [2.05, 4.69) is 4.98 Å². The summed E-state index contributed by atoms with van der Waals surface area (Å²) in [7, 11) is 0. The minimum absolute atomic E-state index is 0.0883. The number of hydrogen-bond acceptors (Lipinski definition) is 4. The van der Waals surface area contributed by atoms with Crippen LogP contribution < -0.4 is 4.90 Å². The predicted molar refractivity (Wildman–Crippen MR) is 101 cm³/mol. The Morgan fingerprint density at radius 2 is 2.08 bits per heavy atom. The molecular formula is C19H14Cl2N2O3. The lowest BCUT2D eigenvalue weighted by Crippen LogP contribution is -2.25. The smallest absolute Gasteiger partial charge is 0.227 e. The minimum Gasteiger partial charge on any atom is -0.436 e. The van der Waals surface area contributed by atoms with E-state index >= 15 is 0 Å². The van der Waals surface area contributed by atoms with Crippen LogP contribution in [-0.2, 0) is 9.59 Å². The first kappa shape index (κ1) is 17.1. The van der Waals surface area contributed by atoms with Gasteiger partial charge in [0.2, 0.25) is 17.0 Å². The molecule has 0 N–H and O–H groups in total. The van der Waals surface area contributed by atoms with Crippen LogP contribution in [0.15, 0.2) is 40.8 Å². The van der Waals surface area contributed by atoms with Crippen molar-refractivity contribution in [2.75, 3.05) is 11.4 Å². The van der Waals surface area contributed by atoms with Crippen LogP contribution in [0.25, 0.3) is 22.6 Å². The van der Waals surface area contributed by atoms with E-state index in [0.29, 0.717) is 27.7 Å². The van der Waals surface area contributed by atoms with E-state index in [0.717, 1.165) is 11.1 Å². The van der Waals surface area contributed by atoms with Crippen molar-refractivity contribution in [1.29, 1.82) is 0 Å². The minimum atomic E-state index is -0.517. The van der Waals surface area contributed by atoms with Gasteiger partial charge in [-0.25, -0.2) is 4.98 Å². The SMILES string of the molecule is Cc1ccc2oc(-c3ccc(Cl)c(N4C[C@H](C(=O)Cl)CC4=O)c3)nc2c1. The van der Waals surface area contributed by atoms with Gasteiger partial charge >= 0.3 is 0 Å². The highest BCUT2D eigenvalue weighted by Gasteiger charge is 2.35. The molecule has 3 aromatic rings. The van der Waals surface area contributed by atoms with Gasteiger partial charge < -0.3 is 9.32 Å². The number of carbonyl (C=O) groups is 2. The number of nitrogens with zero attached hydrogens (tertiary/aromatic N) is 2. The van der Waals surface area contributed by atoms with Gasteiger partial charge in [0.1, 0.15) is 5.52 Å². The lowest BCUT2D eigenvalue weighted by molar-refractivity contribution is -0.120. The Morgan fingerprint density at radius 1 is 1.27 bits per heavy atom. The molecule has 0 aliphatic carbocycles. The second kappa shape index (κ2) is 6.41. The zero-order valence-electron chi connectivity index (χ0n) is 13.8. The van der Waals surface area contributed by atoms with E-state index in [1.165, 1.54) is 4.90 Å². The maximum absolute atomic E-state index is 12.3. The molecule has 1 saturated heterocycles. The Bertz CT molecular complexity index is 1040. The summed E-state index contributed by atoms with van der Waals surface area (Å²) in [6, 6.07) is 11.0. The molecule has 1 amide bonds. The summed E-state index contributed by atoms with van der Waals surface area (Å²) in [5.41, 5.74) is 3.77. The highest BCUT2D eigenvalue weighted by molar-refractivity contribution is 6.64. The number of amides is 1. The average Bonchev–Trinajstić information content (AvgIpc) is 3.18. The maximum atomic E-state index is 12.3. The monoisotopic (exact) mass is 388 g/mol. The van der Waals surface area contributed by atoms with Crippen molar-refractivity contribution >= 4 is 51.1 Å². The Kier molecular flexibility index (Phi) is 4.21. The van der Waals surface area contributed by atoms with Crippen molar-refractivity contribution in [3.63, 3.8) is 0 Å². The van der Waals surface area contributed by atoms with Crippen molar-refractivity contribution in [3.05, 3.63) is 47.0 Å². The van der Waals surface area contributed by atoms with Crippen molar-refractivity contribution < 1.29 is 14.0 Å². The molecule has 1 aliphatic rings. The summed E-state index contributed by atoms with van der Waals surface area (Å²) in [6.07, 6.45) is 0.0883. The standard InChI is InChI=1S/C19H14Cl2N2O3/c1-10-2-5-16-14(6-10)22-19(26-16)11-3-4-13(20)15(7-11)23-9-12(18(21)25)8-17(23)24/h2-7,12H,8-9H2,1H3/t12-/m1/s1. The molecule has 5 nitrogen and oxygen atoms in total. The number of benzene rings is 2. The summed E-state index contributed by atoms with van der Waals surface area (Å²) >= 11 is 11.8. The van der Waals surface area contributed by atoms with Crippen molar-refractivity contribution in [1.82, 2.24) is 4.98 Å². The number of oxazole rings is 1. The van der Waals surface area contributed by atoms with Gasteiger partial charge in [0.15, 0.2) is 5.58 Å². The predicted octanol–water partition coefficient (Wildman–Crippen LogP) is 4.57.